The number of nitrogens with zero attached hydrogens (tertiary/aromatic N) is 2. The lowest BCUT2D eigenvalue weighted by molar-refractivity contribution is -0.112. The van der Waals surface area contributed by atoms with Crippen molar-refractivity contribution < 1.29 is 9.53 Å². The van der Waals surface area contributed by atoms with Crippen molar-refractivity contribution in [2.75, 3.05) is 17.3 Å². The Balaban J connectivity index is 1.52. The fourth-order valence-electron chi connectivity index (χ4n) is 5.53. The average Bonchev–Trinajstić information content (AvgIpc) is 3.79. The number of carbonyl (C=O) groups is 1. The van der Waals surface area contributed by atoms with Gasteiger partial charge in [0.1, 0.15) is 17.6 Å². The molecule has 1 unspecified atom stereocenters. The molecule has 2 N–H and O–H groups in total. The summed E-state index contributed by atoms with van der Waals surface area (Å²) >= 11 is 0. The maximum absolute atomic E-state index is 13.4. The third-order valence-corrected chi connectivity index (χ3v) is 8.07. The molecule has 36 heavy (non-hydrogen) atoms. The topological polar surface area (TPSA) is 78.3 Å². The van der Waals surface area contributed by atoms with E-state index in [-0.39, 0.29) is 17.9 Å². The fraction of sp³-hybridized carbons (Fsp3) is 0.500. The third-order valence-electron chi connectivity index (χ3n) is 8.07. The van der Waals surface area contributed by atoms with Gasteiger partial charge in [-0.2, -0.15) is 0 Å². The van der Waals surface area contributed by atoms with Gasteiger partial charge in [-0.25, -0.2) is 4.98 Å². The molecule has 3 saturated carbocycles. The molecule has 1 heterocycles. The van der Waals surface area contributed by atoms with Gasteiger partial charge >= 0.3 is 5.91 Å². The Morgan fingerprint density at radius 2 is 1.92 bits per heavy atom. The predicted octanol–water partition coefficient (Wildman–Crippen LogP) is 6.37. The molecular formula is C30H36N4O2. The van der Waals surface area contributed by atoms with Gasteiger partial charge in [0.25, 0.3) is 0 Å². The van der Waals surface area contributed by atoms with E-state index < -0.39 is 0 Å². The van der Waals surface area contributed by atoms with Gasteiger partial charge < -0.3 is 10.1 Å². The van der Waals surface area contributed by atoms with Gasteiger partial charge in [-0.3, -0.25) is 15.1 Å². The van der Waals surface area contributed by atoms with E-state index in [2.05, 4.69) is 43.1 Å². The standard InChI is InChI=1S/C30H36N4O2/c1-5-7-27(35)34(25-17-20(3)19(2)16-23(25)21-9-10-21)26-12-11-24(32-4)28(33-26)29(31)36-22-8-6-13-30(18-22)14-15-30/h11-12,16-17,21-22,31-32H,6,8-10,13-15,18H2,1-4H3. The molecule has 0 saturated heterocycles. The Labute approximate surface area is 214 Å². The highest BCUT2D eigenvalue weighted by molar-refractivity contribution is 6.11. The first-order valence-electron chi connectivity index (χ1n) is 13.2. The van der Waals surface area contributed by atoms with Crippen LogP contribution in [0.5, 0.6) is 0 Å². The van der Waals surface area contributed by atoms with Gasteiger partial charge in [-0.15, -0.1) is 0 Å². The molecule has 0 bridgehead atoms. The van der Waals surface area contributed by atoms with E-state index in [0.717, 1.165) is 48.9 Å². The van der Waals surface area contributed by atoms with Gasteiger partial charge in [0.2, 0.25) is 5.90 Å². The quantitative estimate of drug-likeness (QED) is 0.284. The number of pyridine rings is 1. The molecule has 1 aromatic carbocycles. The van der Waals surface area contributed by atoms with Crippen molar-refractivity contribution in [2.24, 2.45) is 5.41 Å². The molecule has 1 amide bonds. The third kappa shape index (κ3) is 4.84. The van der Waals surface area contributed by atoms with E-state index in [1.165, 1.54) is 24.8 Å². The Kier molecular flexibility index (Phi) is 6.51. The summed E-state index contributed by atoms with van der Waals surface area (Å²) in [5.74, 6) is 6.11. The number of amides is 1. The van der Waals surface area contributed by atoms with Crippen molar-refractivity contribution in [1.82, 2.24) is 4.98 Å². The fourth-order valence-corrected chi connectivity index (χ4v) is 5.53. The number of aryl methyl sites for hydroxylation is 2. The van der Waals surface area contributed by atoms with Crippen molar-refractivity contribution in [2.45, 2.75) is 84.2 Å². The van der Waals surface area contributed by atoms with Crippen molar-refractivity contribution in [3.05, 3.63) is 46.6 Å². The van der Waals surface area contributed by atoms with Crippen LogP contribution in [0.2, 0.25) is 0 Å². The van der Waals surface area contributed by atoms with Crippen LogP contribution in [-0.2, 0) is 9.53 Å². The SMILES string of the molecule is CC#CC(=O)N(c1ccc(NC)c(C(=N)OC2CCCC3(CC3)C2)n1)c1cc(C)c(C)cc1C1CC1. The second kappa shape index (κ2) is 9.61. The summed E-state index contributed by atoms with van der Waals surface area (Å²) in [7, 11) is 1.81. The Bertz CT molecular complexity index is 1260. The van der Waals surface area contributed by atoms with Crippen molar-refractivity contribution in [3.63, 3.8) is 0 Å². The zero-order chi connectivity index (χ0) is 25.4. The second-order valence-corrected chi connectivity index (χ2v) is 10.8. The number of carbonyl (C=O) groups excluding carboxylic acids is 1. The van der Waals surface area contributed by atoms with E-state index in [0.29, 0.717) is 28.5 Å². The highest BCUT2D eigenvalue weighted by Gasteiger charge is 2.46. The van der Waals surface area contributed by atoms with E-state index in [9.17, 15) is 4.79 Å². The number of anilines is 3. The summed E-state index contributed by atoms with van der Waals surface area (Å²) in [6, 6.07) is 7.97. The summed E-state index contributed by atoms with van der Waals surface area (Å²) in [5.41, 5.74) is 5.90. The maximum atomic E-state index is 13.4. The molecule has 3 fully saturated rings. The van der Waals surface area contributed by atoms with Crippen LogP contribution in [0.1, 0.15) is 86.6 Å². The Morgan fingerprint density at radius 3 is 2.58 bits per heavy atom. The molecule has 1 spiro atoms. The number of rotatable bonds is 6. The van der Waals surface area contributed by atoms with E-state index in [1.807, 2.05) is 19.2 Å². The molecule has 3 aliphatic carbocycles. The first-order chi connectivity index (χ1) is 17.3. The van der Waals surface area contributed by atoms with Crippen LogP contribution >= 0.6 is 0 Å². The van der Waals surface area contributed by atoms with Crippen LogP contribution in [0.15, 0.2) is 24.3 Å². The number of benzene rings is 1. The minimum absolute atomic E-state index is 0.0498. The molecule has 6 heteroatoms. The summed E-state index contributed by atoms with van der Waals surface area (Å²) in [4.78, 5) is 19.8. The highest BCUT2D eigenvalue weighted by atomic mass is 16.5. The van der Waals surface area contributed by atoms with Gasteiger partial charge in [-0.1, -0.05) is 12.0 Å². The number of aromatic nitrogens is 1. The first kappa shape index (κ1) is 24.4. The lowest BCUT2D eigenvalue weighted by Crippen LogP contribution is -2.29. The van der Waals surface area contributed by atoms with Gasteiger partial charge in [0.15, 0.2) is 0 Å². The number of nitrogens with one attached hydrogen (secondary N) is 2. The molecule has 188 valence electrons. The average molecular weight is 485 g/mol. The zero-order valence-electron chi connectivity index (χ0n) is 21.8. The molecule has 1 aromatic heterocycles. The number of hydrogen-bond donors (Lipinski definition) is 2. The Hall–Kier alpha value is -3.33. The summed E-state index contributed by atoms with van der Waals surface area (Å²) in [5, 5.41) is 12.0. The highest BCUT2D eigenvalue weighted by Crippen LogP contribution is 2.56. The summed E-state index contributed by atoms with van der Waals surface area (Å²) < 4.78 is 6.20. The van der Waals surface area contributed by atoms with Crippen molar-refractivity contribution in [1.29, 1.82) is 5.41 Å². The number of ether oxygens (including phenoxy) is 1. The molecule has 2 aromatic rings. The van der Waals surface area contributed by atoms with Crippen LogP contribution in [0.3, 0.4) is 0 Å². The van der Waals surface area contributed by atoms with Gasteiger partial charge in [0, 0.05) is 7.05 Å². The minimum atomic E-state index is -0.325. The Morgan fingerprint density at radius 1 is 1.17 bits per heavy atom. The maximum Gasteiger partial charge on any atom is 0.308 e. The van der Waals surface area contributed by atoms with Crippen LogP contribution in [0, 0.1) is 36.5 Å². The summed E-state index contributed by atoms with van der Waals surface area (Å²) in [6.07, 6.45) is 9.29. The first-order valence-corrected chi connectivity index (χ1v) is 13.2. The molecule has 5 rings (SSSR count). The molecule has 6 nitrogen and oxygen atoms in total. The lowest BCUT2D eigenvalue weighted by atomic mass is 9.84. The zero-order valence-corrected chi connectivity index (χ0v) is 21.8. The minimum Gasteiger partial charge on any atom is -0.473 e. The summed E-state index contributed by atoms with van der Waals surface area (Å²) in [6.45, 7) is 5.84. The molecule has 1 atom stereocenters. The van der Waals surface area contributed by atoms with Crippen LogP contribution < -0.4 is 10.2 Å². The van der Waals surface area contributed by atoms with Crippen LogP contribution in [-0.4, -0.2) is 29.9 Å². The van der Waals surface area contributed by atoms with Gasteiger partial charge in [-0.05, 0) is 124 Å². The lowest BCUT2D eigenvalue weighted by Gasteiger charge is -2.30. The number of hydrogen-bond acceptors (Lipinski definition) is 5. The van der Waals surface area contributed by atoms with E-state index in [1.54, 1.807) is 11.8 Å². The van der Waals surface area contributed by atoms with E-state index >= 15 is 0 Å². The van der Waals surface area contributed by atoms with Crippen molar-refractivity contribution >= 4 is 29.0 Å². The predicted molar refractivity (Wildman–Crippen MR) is 144 cm³/mol. The van der Waals surface area contributed by atoms with E-state index in [4.69, 9.17) is 15.1 Å². The smallest absolute Gasteiger partial charge is 0.308 e. The molecule has 0 radical (unpaired) electrons. The van der Waals surface area contributed by atoms with Crippen molar-refractivity contribution in [3.8, 4) is 11.8 Å². The molecule has 0 aliphatic heterocycles. The van der Waals surface area contributed by atoms with Crippen LogP contribution in [0.4, 0.5) is 17.2 Å². The monoisotopic (exact) mass is 484 g/mol. The van der Waals surface area contributed by atoms with Gasteiger partial charge in [0.05, 0.1) is 11.4 Å². The molecular weight excluding hydrogens is 448 g/mol. The second-order valence-electron chi connectivity index (χ2n) is 10.8. The largest absolute Gasteiger partial charge is 0.473 e. The molecule has 3 aliphatic rings. The normalized spacial score (nSPS) is 19.7. The van der Waals surface area contributed by atoms with Crippen LogP contribution in [0.25, 0.3) is 0 Å².